The maximum atomic E-state index is 11.8. The van der Waals surface area contributed by atoms with Gasteiger partial charge in [0.1, 0.15) is 11.8 Å². The monoisotopic (exact) mass is 297 g/mol. The minimum absolute atomic E-state index is 0.0344. The molecule has 2 rings (SSSR count). The van der Waals surface area contributed by atoms with Crippen LogP contribution >= 0.6 is 11.3 Å². The molecule has 1 amide bonds. The number of nitro groups is 2. The van der Waals surface area contributed by atoms with E-state index < -0.39 is 26.4 Å². The zero-order chi connectivity index (χ0) is 14.9. The van der Waals surface area contributed by atoms with E-state index in [-0.39, 0.29) is 10.8 Å². The number of carbonyl (C=O) groups is 1. The van der Waals surface area contributed by atoms with Gasteiger partial charge < -0.3 is 9.73 Å². The number of furan rings is 1. The molecule has 0 radical (unpaired) electrons. The third-order valence-electron chi connectivity index (χ3n) is 2.27. The summed E-state index contributed by atoms with van der Waals surface area (Å²) in [6, 6.07) is 3.76. The first-order valence-corrected chi connectivity index (χ1v) is 6.00. The topological polar surface area (TPSA) is 129 Å². The Morgan fingerprint density at radius 1 is 1.30 bits per heavy atom. The number of rotatable bonds is 4. The van der Waals surface area contributed by atoms with Crippen LogP contribution in [0, 0.1) is 27.2 Å². The molecular weight excluding hydrogens is 290 g/mol. The molecule has 0 aliphatic heterocycles. The Labute approximate surface area is 115 Å². The Balaban J connectivity index is 2.30. The first-order chi connectivity index (χ1) is 9.38. The predicted octanol–water partition coefficient (Wildman–Crippen LogP) is 2.72. The number of nitrogens with zero attached hydrogens (tertiary/aromatic N) is 2. The molecule has 20 heavy (non-hydrogen) atoms. The fourth-order valence-corrected chi connectivity index (χ4v) is 2.24. The molecule has 0 aliphatic carbocycles. The van der Waals surface area contributed by atoms with E-state index in [0.29, 0.717) is 17.1 Å². The van der Waals surface area contributed by atoms with Crippen molar-refractivity contribution in [3.05, 3.63) is 49.9 Å². The van der Waals surface area contributed by atoms with Crippen molar-refractivity contribution in [3.63, 3.8) is 0 Å². The average Bonchev–Trinajstić information content (AvgIpc) is 2.95. The fraction of sp³-hybridized carbons (Fsp3) is 0.100. The number of thiophene rings is 1. The Hall–Kier alpha value is -2.75. The molecule has 0 spiro atoms. The highest BCUT2D eigenvalue weighted by atomic mass is 32.1. The summed E-state index contributed by atoms with van der Waals surface area (Å²) in [4.78, 5) is 31.6. The third kappa shape index (κ3) is 2.64. The lowest BCUT2D eigenvalue weighted by atomic mass is 10.4. The summed E-state index contributed by atoms with van der Waals surface area (Å²) >= 11 is 0.511. The van der Waals surface area contributed by atoms with Gasteiger partial charge in [0, 0.05) is 0 Å². The second kappa shape index (κ2) is 5.09. The smallest absolute Gasteiger partial charge is 0.333 e. The van der Waals surface area contributed by atoms with Gasteiger partial charge in [0.15, 0.2) is 10.8 Å². The SMILES string of the molecule is Cc1ccc(C(=O)Nc2sc([N+](=O)[O-])cc2[N+](=O)[O-])o1. The average molecular weight is 297 g/mol. The molecule has 0 aliphatic rings. The Kier molecular flexibility index (Phi) is 3.48. The number of aryl methyl sites for hydroxylation is 1. The van der Waals surface area contributed by atoms with Crippen molar-refractivity contribution in [2.24, 2.45) is 0 Å². The molecule has 2 aromatic rings. The van der Waals surface area contributed by atoms with Gasteiger partial charge in [-0.2, -0.15) is 0 Å². The van der Waals surface area contributed by atoms with Crippen LogP contribution in [0.1, 0.15) is 16.3 Å². The van der Waals surface area contributed by atoms with Crippen LogP contribution in [0.5, 0.6) is 0 Å². The molecule has 0 unspecified atom stereocenters. The third-order valence-corrected chi connectivity index (χ3v) is 3.26. The summed E-state index contributed by atoms with van der Waals surface area (Å²) in [5.74, 6) is -0.243. The normalized spacial score (nSPS) is 10.2. The van der Waals surface area contributed by atoms with Crippen LogP contribution in [0.2, 0.25) is 0 Å². The highest BCUT2D eigenvalue weighted by Crippen LogP contribution is 2.39. The summed E-state index contributed by atoms with van der Waals surface area (Å²) in [6.07, 6.45) is 0. The molecule has 0 bridgehead atoms. The lowest BCUT2D eigenvalue weighted by Crippen LogP contribution is -2.10. The summed E-state index contributed by atoms with van der Waals surface area (Å²) in [7, 11) is 0. The summed E-state index contributed by atoms with van der Waals surface area (Å²) in [6.45, 7) is 1.63. The predicted molar refractivity (Wildman–Crippen MR) is 69.0 cm³/mol. The number of hydrogen-bond acceptors (Lipinski definition) is 7. The van der Waals surface area contributed by atoms with Crippen molar-refractivity contribution in [2.75, 3.05) is 5.32 Å². The molecule has 9 nitrogen and oxygen atoms in total. The van der Waals surface area contributed by atoms with Gasteiger partial charge >= 0.3 is 10.7 Å². The molecule has 0 fully saturated rings. The van der Waals surface area contributed by atoms with Crippen LogP contribution in [-0.4, -0.2) is 15.8 Å². The number of nitrogens with one attached hydrogen (secondary N) is 1. The second-order valence-corrected chi connectivity index (χ2v) is 4.71. The molecule has 10 heteroatoms. The van der Waals surface area contributed by atoms with Crippen molar-refractivity contribution < 1.29 is 19.1 Å². The molecule has 2 heterocycles. The van der Waals surface area contributed by atoms with Gasteiger partial charge in [0.05, 0.1) is 9.85 Å². The molecule has 0 aromatic carbocycles. The highest BCUT2D eigenvalue weighted by molar-refractivity contribution is 7.20. The Morgan fingerprint density at radius 3 is 2.50 bits per heavy atom. The lowest BCUT2D eigenvalue weighted by Gasteiger charge is -1.98. The van der Waals surface area contributed by atoms with Gasteiger partial charge in [-0.05, 0) is 30.4 Å². The van der Waals surface area contributed by atoms with E-state index >= 15 is 0 Å². The first-order valence-electron chi connectivity index (χ1n) is 5.19. The van der Waals surface area contributed by atoms with Gasteiger partial charge in [-0.25, -0.2) is 0 Å². The minimum Gasteiger partial charge on any atom is -0.456 e. The van der Waals surface area contributed by atoms with Crippen molar-refractivity contribution >= 4 is 32.9 Å². The number of anilines is 1. The molecule has 0 atom stereocenters. The summed E-state index contributed by atoms with van der Waals surface area (Å²) in [5, 5.41) is 23.0. The second-order valence-electron chi connectivity index (χ2n) is 3.68. The van der Waals surface area contributed by atoms with Gasteiger partial charge in [-0.1, -0.05) is 0 Å². The largest absolute Gasteiger partial charge is 0.456 e. The minimum atomic E-state index is -0.799. The number of amides is 1. The Morgan fingerprint density at radius 2 is 2.00 bits per heavy atom. The zero-order valence-electron chi connectivity index (χ0n) is 9.98. The fourth-order valence-electron chi connectivity index (χ4n) is 1.41. The molecule has 1 N–H and O–H groups in total. The first kappa shape index (κ1) is 13.7. The van der Waals surface area contributed by atoms with E-state index in [2.05, 4.69) is 5.32 Å². The van der Waals surface area contributed by atoms with Crippen LogP contribution in [-0.2, 0) is 0 Å². The van der Waals surface area contributed by atoms with E-state index in [9.17, 15) is 25.0 Å². The van der Waals surface area contributed by atoms with Crippen LogP contribution in [0.15, 0.2) is 22.6 Å². The van der Waals surface area contributed by atoms with E-state index in [0.717, 1.165) is 6.07 Å². The van der Waals surface area contributed by atoms with Gasteiger partial charge in [-0.15, -0.1) is 0 Å². The highest BCUT2D eigenvalue weighted by Gasteiger charge is 2.27. The lowest BCUT2D eigenvalue weighted by molar-refractivity contribution is -0.389. The van der Waals surface area contributed by atoms with Gasteiger partial charge in [0.25, 0.3) is 5.91 Å². The van der Waals surface area contributed by atoms with Crippen molar-refractivity contribution in [2.45, 2.75) is 6.92 Å². The summed E-state index contributed by atoms with van der Waals surface area (Å²) < 4.78 is 5.06. The van der Waals surface area contributed by atoms with E-state index in [4.69, 9.17) is 4.42 Å². The molecular formula is C10H7N3O6S. The van der Waals surface area contributed by atoms with Crippen LogP contribution < -0.4 is 5.32 Å². The number of hydrogen-bond donors (Lipinski definition) is 1. The van der Waals surface area contributed by atoms with E-state index in [1.54, 1.807) is 13.0 Å². The maximum absolute atomic E-state index is 11.8. The van der Waals surface area contributed by atoms with Crippen LogP contribution in [0.3, 0.4) is 0 Å². The maximum Gasteiger partial charge on any atom is 0.333 e. The van der Waals surface area contributed by atoms with Crippen LogP contribution in [0.4, 0.5) is 15.7 Å². The van der Waals surface area contributed by atoms with Crippen LogP contribution in [0.25, 0.3) is 0 Å². The number of carbonyl (C=O) groups excluding carboxylic acids is 1. The zero-order valence-corrected chi connectivity index (χ0v) is 10.8. The van der Waals surface area contributed by atoms with Gasteiger partial charge in [-0.3, -0.25) is 25.0 Å². The van der Waals surface area contributed by atoms with Crippen molar-refractivity contribution in [3.8, 4) is 0 Å². The molecule has 0 saturated carbocycles. The molecule has 0 saturated heterocycles. The van der Waals surface area contributed by atoms with E-state index in [1.807, 2.05) is 0 Å². The van der Waals surface area contributed by atoms with E-state index in [1.165, 1.54) is 6.07 Å². The van der Waals surface area contributed by atoms with Crippen molar-refractivity contribution in [1.82, 2.24) is 0 Å². The summed E-state index contributed by atoms with van der Waals surface area (Å²) in [5.41, 5.74) is -0.529. The molecule has 2 aromatic heterocycles. The standard InChI is InChI=1S/C10H7N3O6S/c1-5-2-3-7(19-5)9(14)11-10-6(12(15)16)4-8(20-10)13(17)18/h2-4H,1H3,(H,11,14). The Bertz CT molecular complexity index is 704. The van der Waals surface area contributed by atoms with Gasteiger partial charge in [0.2, 0.25) is 0 Å². The quantitative estimate of drug-likeness (QED) is 0.682. The van der Waals surface area contributed by atoms with Crippen molar-refractivity contribution in [1.29, 1.82) is 0 Å². The molecule has 104 valence electrons.